The molecule has 2 N–H and O–H groups in total. The SMILES string of the molecule is O=C(NC1CCCCC1)Oc1ccc2cccnc2c1.O=C(NCC1CCCCC1)Oc1ccc2cccnc2c1. The van der Waals surface area contributed by atoms with Gasteiger partial charge < -0.3 is 20.1 Å². The molecule has 41 heavy (non-hydrogen) atoms. The zero-order valence-corrected chi connectivity index (χ0v) is 23.4. The number of fused-ring (bicyclic) bond motifs is 2. The molecule has 0 radical (unpaired) electrons. The van der Waals surface area contributed by atoms with E-state index in [1.54, 1.807) is 36.7 Å². The predicted octanol–water partition coefficient (Wildman–Crippen LogP) is 7.56. The number of nitrogens with zero attached hydrogens (tertiary/aromatic N) is 2. The summed E-state index contributed by atoms with van der Waals surface area (Å²) in [4.78, 5) is 32.2. The van der Waals surface area contributed by atoms with Gasteiger partial charge in [-0.15, -0.1) is 0 Å². The molecular formula is C33H38N4O4. The van der Waals surface area contributed by atoms with Gasteiger partial charge in [-0.05, 0) is 68.0 Å². The lowest BCUT2D eigenvalue weighted by atomic mass is 9.89. The van der Waals surface area contributed by atoms with Crippen LogP contribution in [0.1, 0.15) is 64.2 Å². The van der Waals surface area contributed by atoms with E-state index in [1.807, 2.05) is 36.4 Å². The Labute approximate surface area is 240 Å². The van der Waals surface area contributed by atoms with E-state index >= 15 is 0 Å². The van der Waals surface area contributed by atoms with Crippen molar-refractivity contribution in [2.24, 2.45) is 5.92 Å². The van der Waals surface area contributed by atoms with E-state index < -0.39 is 0 Å². The Bertz CT molecular complexity index is 1450. The van der Waals surface area contributed by atoms with Gasteiger partial charge in [-0.2, -0.15) is 0 Å². The smallest absolute Gasteiger partial charge is 0.410 e. The zero-order valence-electron chi connectivity index (χ0n) is 23.4. The van der Waals surface area contributed by atoms with E-state index in [2.05, 4.69) is 20.6 Å². The maximum absolute atomic E-state index is 11.9. The van der Waals surface area contributed by atoms with Crippen molar-refractivity contribution in [2.45, 2.75) is 70.3 Å². The van der Waals surface area contributed by atoms with Gasteiger partial charge in [-0.25, -0.2) is 9.59 Å². The van der Waals surface area contributed by atoms with E-state index in [9.17, 15) is 9.59 Å². The lowest BCUT2D eigenvalue weighted by molar-refractivity contribution is 0.192. The summed E-state index contributed by atoms with van der Waals surface area (Å²) in [6.45, 7) is 0.713. The van der Waals surface area contributed by atoms with Crippen LogP contribution in [-0.2, 0) is 0 Å². The molecule has 0 saturated heterocycles. The summed E-state index contributed by atoms with van der Waals surface area (Å²) in [5.41, 5.74) is 1.66. The van der Waals surface area contributed by atoms with Gasteiger partial charge in [0.1, 0.15) is 11.5 Å². The first-order chi connectivity index (χ1) is 20.1. The summed E-state index contributed by atoms with van der Waals surface area (Å²) in [5.74, 6) is 1.66. The second-order valence-corrected chi connectivity index (χ2v) is 10.9. The number of rotatable bonds is 5. The fraction of sp³-hybridized carbons (Fsp3) is 0.394. The summed E-state index contributed by atoms with van der Waals surface area (Å²) < 4.78 is 10.7. The molecular weight excluding hydrogens is 516 g/mol. The fourth-order valence-electron chi connectivity index (χ4n) is 5.53. The van der Waals surface area contributed by atoms with Gasteiger partial charge in [0.15, 0.2) is 0 Å². The standard InChI is InChI=1S/C17H20N2O2.C16H18N2O2/c20-17(19-12-13-5-2-1-3-6-13)21-15-9-8-14-7-4-10-18-16(14)11-15;19-16(18-13-6-2-1-3-7-13)20-14-9-8-12-5-4-10-17-15(12)11-14/h4,7-11,13H,1-3,5-6,12H2,(H,19,20);4-5,8-11,13H,1-3,6-7H2,(H,18,19). The third-order valence-electron chi connectivity index (χ3n) is 7.76. The first kappa shape index (κ1) is 28.3. The van der Waals surface area contributed by atoms with E-state index in [0.29, 0.717) is 24.0 Å². The van der Waals surface area contributed by atoms with Crippen LogP contribution in [0.25, 0.3) is 21.8 Å². The highest BCUT2D eigenvalue weighted by atomic mass is 16.6. The molecule has 2 aliphatic rings. The van der Waals surface area contributed by atoms with E-state index in [0.717, 1.165) is 34.6 Å². The van der Waals surface area contributed by atoms with Gasteiger partial charge in [0.25, 0.3) is 0 Å². The number of ether oxygens (including phenoxy) is 2. The van der Waals surface area contributed by atoms with Crippen LogP contribution in [0.15, 0.2) is 73.1 Å². The molecule has 2 amide bonds. The van der Waals surface area contributed by atoms with Crippen LogP contribution in [0.2, 0.25) is 0 Å². The first-order valence-corrected chi connectivity index (χ1v) is 14.8. The number of pyridine rings is 2. The van der Waals surface area contributed by atoms with Crippen LogP contribution in [-0.4, -0.2) is 34.7 Å². The molecule has 214 valence electrons. The van der Waals surface area contributed by atoms with Crippen LogP contribution in [0.4, 0.5) is 9.59 Å². The normalized spacial score (nSPS) is 15.9. The van der Waals surface area contributed by atoms with E-state index in [-0.39, 0.29) is 18.2 Å². The highest BCUT2D eigenvalue weighted by molar-refractivity contribution is 5.82. The molecule has 8 heteroatoms. The fourth-order valence-corrected chi connectivity index (χ4v) is 5.53. The number of carbonyl (C=O) groups is 2. The highest BCUT2D eigenvalue weighted by Crippen LogP contribution is 2.23. The molecule has 2 heterocycles. The van der Waals surface area contributed by atoms with Crippen LogP contribution in [0.3, 0.4) is 0 Å². The molecule has 0 atom stereocenters. The predicted molar refractivity (Wildman–Crippen MR) is 160 cm³/mol. The van der Waals surface area contributed by atoms with Gasteiger partial charge in [0.2, 0.25) is 0 Å². The van der Waals surface area contributed by atoms with Crippen LogP contribution in [0, 0.1) is 5.92 Å². The topological polar surface area (TPSA) is 102 Å². The lowest BCUT2D eigenvalue weighted by Crippen LogP contribution is -2.37. The van der Waals surface area contributed by atoms with Gasteiger partial charge in [0, 0.05) is 47.9 Å². The molecule has 2 saturated carbocycles. The average Bonchev–Trinajstić information content (AvgIpc) is 3.01. The molecule has 2 aromatic heterocycles. The molecule has 2 aromatic carbocycles. The Morgan fingerprint density at radius 3 is 1.80 bits per heavy atom. The second kappa shape index (κ2) is 14.4. The Morgan fingerprint density at radius 1 is 0.683 bits per heavy atom. The number of hydrogen-bond acceptors (Lipinski definition) is 6. The molecule has 0 aliphatic heterocycles. The lowest BCUT2D eigenvalue weighted by Gasteiger charge is -2.22. The molecule has 8 nitrogen and oxygen atoms in total. The van der Waals surface area contributed by atoms with Gasteiger partial charge in [0.05, 0.1) is 11.0 Å². The number of aromatic nitrogens is 2. The number of benzene rings is 2. The van der Waals surface area contributed by atoms with Gasteiger partial charge in [-0.1, -0.05) is 50.7 Å². The minimum absolute atomic E-state index is 0.259. The molecule has 0 bridgehead atoms. The zero-order chi connectivity index (χ0) is 28.3. The van der Waals surface area contributed by atoms with Crippen molar-refractivity contribution in [3.8, 4) is 11.5 Å². The molecule has 0 spiro atoms. The Hall–Kier alpha value is -4.20. The van der Waals surface area contributed by atoms with Crippen LogP contribution >= 0.6 is 0 Å². The molecule has 6 rings (SSSR count). The summed E-state index contributed by atoms with van der Waals surface area (Å²) in [6, 6.07) is 19.0. The van der Waals surface area contributed by atoms with Crippen molar-refractivity contribution in [1.82, 2.24) is 20.6 Å². The number of carbonyl (C=O) groups excluding carboxylic acids is 2. The van der Waals surface area contributed by atoms with Gasteiger partial charge >= 0.3 is 12.2 Å². The quantitative estimate of drug-likeness (QED) is 0.264. The van der Waals surface area contributed by atoms with Crippen LogP contribution in [0.5, 0.6) is 11.5 Å². The summed E-state index contributed by atoms with van der Waals surface area (Å²) >= 11 is 0. The van der Waals surface area contributed by atoms with Crippen molar-refractivity contribution in [2.75, 3.05) is 6.54 Å². The minimum Gasteiger partial charge on any atom is -0.410 e. The molecule has 2 fully saturated rings. The van der Waals surface area contributed by atoms with E-state index in [4.69, 9.17) is 9.47 Å². The number of amides is 2. The maximum Gasteiger partial charge on any atom is 0.412 e. The van der Waals surface area contributed by atoms with Crippen molar-refractivity contribution >= 4 is 34.0 Å². The Kier molecular flexibility index (Phi) is 9.98. The van der Waals surface area contributed by atoms with Crippen molar-refractivity contribution < 1.29 is 19.1 Å². The van der Waals surface area contributed by atoms with Crippen molar-refractivity contribution in [1.29, 1.82) is 0 Å². The first-order valence-electron chi connectivity index (χ1n) is 14.8. The van der Waals surface area contributed by atoms with Gasteiger partial charge in [-0.3, -0.25) is 9.97 Å². The third-order valence-corrected chi connectivity index (χ3v) is 7.76. The molecule has 4 aromatic rings. The third kappa shape index (κ3) is 8.64. The minimum atomic E-state index is -0.379. The summed E-state index contributed by atoms with van der Waals surface area (Å²) in [7, 11) is 0. The monoisotopic (exact) mass is 554 g/mol. The van der Waals surface area contributed by atoms with E-state index in [1.165, 1.54) is 51.4 Å². The molecule has 2 aliphatic carbocycles. The second-order valence-electron chi connectivity index (χ2n) is 10.9. The number of nitrogens with one attached hydrogen (secondary N) is 2. The molecule has 0 unspecified atom stereocenters. The maximum atomic E-state index is 11.9. The van der Waals surface area contributed by atoms with Crippen LogP contribution < -0.4 is 20.1 Å². The summed E-state index contributed by atoms with van der Waals surface area (Å²) in [6.07, 6.45) is 14.7. The van der Waals surface area contributed by atoms with Crippen molar-refractivity contribution in [3.05, 3.63) is 73.1 Å². The average molecular weight is 555 g/mol. The largest absolute Gasteiger partial charge is 0.412 e. The summed E-state index contributed by atoms with van der Waals surface area (Å²) in [5, 5.41) is 7.87. The highest BCUT2D eigenvalue weighted by Gasteiger charge is 2.17. The van der Waals surface area contributed by atoms with Crippen molar-refractivity contribution in [3.63, 3.8) is 0 Å². The number of hydrogen-bond donors (Lipinski definition) is 2. The Morgan fingerprint density at radius 2 is 1.22 bits per heavy atom. The Balaban J connectivity index is 0.000000165.